The van der Waals surface area contributed by atoms with E-state index in [0.29, 0.717) is 50.6 Å². The molecule has 0 bridgehead atoms. The van der Waals surface area contributed by atoms with E-state index >= 15 is 0 Å². The SMILES string of the molecule is COc1cc(-c2nc(Nc3ccc(N)c(C=N)c3Cl)n(C)n2)ccc1C(=O)NC1CCN(C)C1. The number of rotatable bonds is 7. The highest BCUT2D eigenvalue weighted by atomic mass is 35.5. The maximum Gasteiger partial charge on any atom is 0.255 e. The Morgan fingerprint density at radius 2 is 2.12 bits per heavy atom. The van der Waals surface area contributed by atoms with Crippen LogP contribution in [0.4, 0.5) is 17.3 Å². The van der Waals surface area contributed by atoms with Crippen molar-refractivity contribution in [3.8, 4) is 17.1 Å². The number of benzene rings is 2. The van der Waals surface area contributed by atoms with Gasteiger partial charge >= 0.3 is 0 Å². The molecule has 0 radical (unpaired) electrons. The summed E-state index contributed by atoms with van der Waals surface area (Å²) in [6.45, 7) is 1.80. The van der Waals surface area contributed by atoms with Crippen LogP contribution in [0.1, 0.15) is 22.3 Å². The zero-order valence-electron chi connectivity index (χ0n) is 19.2. The molecule has 1 aliphatic heterocycles. The minimum Gasteiger partial charge on any atom is -0.496 e. The number of aryl methyl sites for hydroxylation is 1. The topological polar surface area (TPSA) is 134 Å². The first-order chi connectivity index (χ1) is 16.3. The van der Waals surface area contributed by atoms with Gasteiger partial charge in [-0.2, -0.15) is 4.98 Å². The van der Waals surface area contributed by atoms with Gasteiger partial charge in [-0.3, -0.25) is 4.79 Å². The summed E-state index contributed by atoms with van der Waals surface area (Å²) in [5, 5.41) is 18.5. The summed E-state index contributed by atoms with van der Waals surface area (Å²) in [5.74, 6) is 1.18. The number of anilines is 3. The van der Waals surface area contributed by atoms with Crippen LogP contribution < -0.4 is 21.1 Å². The van der Waals surface area contributed by atoms with Crippen LogP contribution in [0.5, 0.6) is 5.75 Å². The Morgan fingerprint density at radius 3 is 2.79 bits per heavy atom. The average Bonchev–Trinajstić information content (AvgIpc) is 3.40. The summed E-state index contributed by atoms with van der Waals surface area (Å²) >= 11 is 6.39. The fourth-order valence-corrected chi connectivity index (χ4v) is 4.19. The maximum atomic E-state index is 12.8. The van der Waals surface area contributed by atoms with Gasteiger partial charge in [0.1, 0.15) is 5.75 Å². The predicted octanol–water partition coefficient (Wildman–Crippen LogP) is 2.90. The first-order valence-corrected chi connectivity index (χ1v) is 11.1. The van der Waals surface area contributed by atoms with E-state index in [1.54, 1.807) is 42.1 Å². The molecule has 1 unspecified atom stereocenters. The summed E-state index contributed by atoms with van der Waals surface area (Å²) in [7, 11) is 5.32. The van der Waals surface area contributed by atoms with E-state index < -0.39 is 0 Å². The van der Waals surface area contributed by atoms with Gasteiger partial charge in [0.25, 0.3) is 5.91 Å². The molecule has 10 nitrogen and oxygen atoms in total. The highest BCUT2D eigenvalue weighted by Crippen LogP contribution is 2.32. The van der Waals surface area contributed by atoms with Crippen LogP contribution in [0, 0.1) is 5.41 Å². The first-order valence-electron chi connectivity index (χ1n) is 10.7. The third-order valence-electron chi connectivity index (χ3n) is 5.80. The van der Waals surface area contributed by atoms with E-state index in [1.165, 1.54) is 7.11 Å². The van der Waals surface area contributed by atoms with Crippen molar-refractivity contribution in [2.45, 2.75) is 12.5 Å². The van der Waals surface area contributed by atoms with Crippen LogP contribution >= 0.6 is 11.6 Å². The predicted molar refractivity (Wildman–Crippen MR) is 133 cm³/mol. The Hall–Kier alpha value is -3.63. The standard InChI is InChI=1S/C23H27ClN8O2/c1-31-9-8-14(12-31)27-22(33)15-5-4-13(10-19(15)34-3)21-29-23(32(2)30-21)28-18-7-6-17(26)16(11-25)20(18)24/h4-7,10-11,14,25H,8-9,12,26H2,1-3H3,(H,27,33)(H,28,29,30). The van der Waals surface area contributed by atoms with Crippen molar-refractivity contribution in [1.29, 1.82) is 5.41 Å². The third-order valence-corrected chi connectivity index (χ3v) is 6.21. The molecule has 178 valence electrons. The molecular formula is C23H27ClN8O2. The molecule has 1 saturated heterocycles. The van der Waals surface area contributed by atoms with Gasteiger partial charge in [-0.1, -0.05) is 17.7 Å². The van der Waals surface area contributed by atoms with Gasteiger partial charge in [0, 0.05) is 42.7 Å². The van der Waals surface area contributed by atoms with E-state index in [4.69, 9.17) is 27.5 Å². The Kier molecular flexibility index (Phi) is 6.71. The molecular weight excluding hydrogens is 456 g/mol. The molecule has 2 heterocycles. The van der Waals surface area contributed by atoms with E-state index in [2.05, 4.69) is 25.6 Å². The summed E-state index contributed by atoms with van der Waals surface area (Å²) < 4.78 is 7.08. The lowest BCUT2D eigenvalue weighted by molar-refractivity contribution is 0.0935. The third kappa shape index (κ3) is 4.68. The number of halogens is 1. The Morgan fingerprint density at radius 1 is 1.32 bits per heavy atom. The minimum atomic E-state index is -0.167. The zero-order chi connectivity index (χ0) is 24.4. The van der Waals surface area contributed by atoms with E-state index in [1.807, 2.05) is 7.05 Å². The van der Waals surface area contributed by atoms with Crippen molar-refractivity contribution in [3.63, 3.8) is 0 Å². The minimum absolute atomic E-state index is 0.126. The highest BCUT2D eigenvalue weighted by Gasteiger charge is 2.23. The number of nitrogen functional groups attached to an aromatic ring is 1. The number of likely N-dealkylation sites (N-methyl/N-ethyl adjacent to an activating group) is 1. The van der Waals surface area contributed by atoms with E-state index in [-0.39, 0.29) is 11.9 Å². The van der Waals surface area contributed by atoms with Crippen molar-refractivity contribution < 1.29 is 9.53 Å². The molecule has 11 heteroatoms. The largest absolute Gasteiger partial charge is 0.496 e. The average molecular weight is 483 g/mol. The molecule has 0 aliphatic carbocycles. The molecule has 1 aromatic heterocycles. The molecule has 0 saturated carbocycles. The van der Waals surface area contributed by atoms with E-state index in [0.717, 1.165) is 25.7 Å². The monoisotopic (exact) mass is 482 g/mol. The van der Waals surface area contributed by atoms with Gasteiger partial charge < -0.3 is 31.4 Å². The maximum absolute atomic E-state index is 12.8. The molecule has 34 heavy (non-hydrogen) atoms. The van der Waals surface area contributed by atoms with Gasteiger partial charge in [0.2, 0.25) is 5.95 Å². The summed E-state index contributed by atoms with van der Waals surface area (Å²) in [5.41, 5.74) is 8.43. The number of carbonyl (C=O) groups is 1. The fraction of sp³-hybridized carbons (Fsp3) is 0.304. The molecule has 5 N–H and O–H groups in total. The second kappa shape index (κ2) is 9.70. The molecule has 1 amide bonds. The van der Waals surface area contributed by atoms with Crippen LogP contribution in [-0.4, -0.2) is 65.1 Å². The molecule has 1 atom stereocenters. The number of hydrogen-bond donors (Lipinski definition) is 4. The Labute approximate surface area is 202 Å². The molecule has 1 aliphatic rings. The van der Waals surface area contributed by atoms with Crippen molar-refractivity contribution in [3.05, 3.63) is 46.5 Å². The van der Waals surface area contributed by atoms with Gasteiger partial charge in [-0.15, -0.1) is 5.10 Å². The number of aromatic nitrogens is 3. The van der Waals surface area contributed by atoms with Crippen LogP contribution in [0.3, 0.4) is 0 Å². The number of nitrogens with two attached hydrogens (primary N) is 1. The molecule has 2 aromatic carbocycles. The number of nitrogens with one attached hydrogen (secondary N) is 3. The number of ether oxygens (including phenoxy) is 1. The normalized spacial score (nSPS) is 15.8. The quantitative estimate of drug-likeness (QED) is 0.300. The van der Waals surface area contributed by atoms with Crippen molar-refractivity contribution in [1.82, 2.24) is 25.0 Å². The first kappa shape index (κ1) is 23.5. The number of hydrogen-bond acceptors (Lipinski definition) is 8. The van der Waals surface area contributed by atoms with Gasteiger partial charge in [-0.25, -0.2) is 4.68 Å². The van der Waals surface area contributed by atoms with Crippen molar-refractivity contribution in [2.24, 2.45) is 7.05 Å². The second-order valence-corrected chi connectivity index (χ2v) is 8.60. The van der Waals surface area contributed by atoms with Gasteiger partial charge in [-0.05, 0) is 44.3 Å². The van der Waals surface area contributed by atoms with Crippen molar-refractivity contribution in [2.75, 3.05) is 38.3 Å². The van der Waals surface area contributed by atoms with Crippen molar-refractivity contribution >= 4 is 41.0 Å². The van der Waals surface area contributed by atoms with Gasteiger partial charge in [0.05, 0.1) is 23.4 Å². The van der Waals surface area contributed by atoms with Crippen LogP contribution in [0.15, 0.2) is 30.3 Å². The molecule has 4 rings (SSSR count). The van der Waals surface area contributed by atoms with Crippen LogP contribution in [0.2, 0.25) is 5.02 Å². The Balaban J connectivity index is 1.57. The number of amides is 1. The van der Waals surface area contributed by atoms with Crippen LogP contribution in [-0.2, 0) is 7.05 Å². The smallest absolute Gasteiger partial charge is 0.255 e. The zero-order valence-corrected chi connectivity index (χ0v) is 20.0. The summed E-state index contributed by atoms with van der Waals surface area (Å²) in [6, 6.07) is 8.78. The second-order valence-electron chi connectivity index (χ2n) is 8.22. The number of likely N-dealkylation sites (tertiary alicyclic amines) is 1. The number of methoxy groups -OCH3 is 1. The highest BCUT2D eigenvalue weighted by molar-refractivity contribution is 6.36. The lowest BCUT2D eigenvalue weighted by Gasteiger charge is -2.15. The lowest BCUT2D eigenvalue weighted by atomic mass is 10.1. The molecule has 0 spiro atoms. The summed E-state index contributed by atoms with van der Waals surface area (Å²) in [6.07, 6.45) is 2.04. The fourth-order valence-electron chi connectivity index (χ4n) is 3.92. The number of carbonyl (C=O) groups excluding carboxylic acids is 1. The molecule has 3 aromatic rings. The summed E-state index contributed by atoms with van der Waals surface area (Å²) in [4.78, 5) is 19.6. The van der Waals surface area contributed by atoms with Crippen LogP contribution in [0.25, 0.3) is 11.4 Å². The van der Waals surface area contributed by atoms with Gasteiger partial charge in [0.15, 0.2) is 5.82 Å². The van der Waals surface area contributed by atoms with E-state index in [9.17, 15) is 4.79 Å². The lowest BCUT2D eigenvalue weighted by Crippen LogP contribution is -2.36. The Bertz CT molecular complexity index is 1240. The number of nitrogens with zero attached hydrogens (tertiary/aromatic N) is 4. The molecule has 1 fully saturated rings.